The molecule has 0 amide bonds. The Morgan fingerprint density at radius 3 is 2.81 bits per heavy atom. The molecule has 3 nitrogen and oxygen atoms in total. The van der Waals surface area contributed by atoms with Crippen molar-refractivity contribution in [3.05, 3.63) is 57.0 Å². The first-order chi connectivity index (χ1) is 10.0. The van der Waals surface area contributed by atoms with Crippen molar-refractivity contribution in [3.8, 4) is 5.88 Å². The van der Waals surface area contributed by atoms with Gasteiger partial charge in [-0.05, 0) is 36.8 Å². The molecule has 3 aromatic rings. The van der Waals surface area contributed by atoms with E-state index < -0.39 is 0 Å². The molecule has 3 rings (SSSR count). The topological polar surface area (TPSA) is 48.4 Å². The molecule has 0 saturated carbocycles. The van der Waals surface area contributed by atoms with Crippen LogP contribution in [0.3, 0.4) is 0 Å². The van der Waals surface area contributed by atoms with Crippen molar-refractivity contribution >= 4 is 50.3 Å². The van der Waals surface area contributed by atoms with E-state index in [1.54, 1.807) is 18.3 Å². The van der Waals surface area contributed by atoms with Crippen LogP contribution in [0.2, 0.25) is 5.02 Å². The number of aryl methyl sites for hydroxylation is 1. The molecule has 0 atom stereocenters. The van der Waals surface area contributed by atoms with Crippen LogP contribution in [-0.2, 0) is 0 Å². The largest absolute Gasteiger partial charge is 0.494 e. The molecule has 0 unspecified atom stereocenters. The number of H-pyrrole nitrogens is 1. The van der Waals surface area contributed by atoms with Gasteiger partial charge in [-0.15, -0.1) is 0 Å². The van der Waals surface area contributed by atoms with Crippen LogP contribution in [0.15, 0.2) is 45.9 Å². The molecule has 0 radical (unpaired) electrons. The first kappa shape index (κ1) is 14.2. The summed E-state index contributed by atoms with van der Waals surface area (Å²) in [4.78, 5) is 7.31. The first-order valence-electron chi connectivity index (χ1n) is 6.35. The summed E-state index contributed by atoms with van der Waals surface area (Å²) in [5.41, 5.74) is 3.40. The van der Waals surface area contributed by atoms with Gasteiger partial charge < -0.3 is 10.1 Å². The maximum Gasteiger partial charge on any atom is 0.198 e. The standard InChI is InChI=1S/C16H12BrClN2O/c1-9-2-4-11(7-14(9)17)19-8-13-12-5-3-10(18)6-15(12)20-16(13)21/h2-8,20-21H,1H3. The summed E-state index contributed by atoms with van der Waals surface area (Å²) in [7, 11) is 0. The van der Waals surface area contributed by atoms with Crippen LogP contribution in [0, 0.1) is 6.92 Å². The number of nitrogens with zero attached hydrogens (tertiary/aromatic N) is 1. The fourth-order valence-electron chi connectivity index (χ4n) is 2.11. The van der Waals surface area contributed by atoms with Crippen LogP contribution in [0.1, 0.15) is 11.1 Å². The van der Waals surface area contributed by atoms with E-state index >= 15 is 0 Å². The smallest absolute Gasteiger partial charge is 0.198 e. The maximum atomic E-state index is 10.0. The molecular formula is C16H12BrClN2O. The van der Waals surface area contributed by atoms with E-state index in [1.165, 1.54) is 0 Å². The fraction of sp³-hybridized carbons (Fsp3) is 0.0625. The van der Waals surface area contributed by atoms with Crippen molar-refractivity contribution in [3.63, 3.8) is 0 Å². The number of rotatable bonds is 2. The van der Waals surface area contributed by atoms with E-state index in [4.69, 9.17) is 11.6 Å². The third-order valence-corrected chi connectivity index (χ3v) is 4.37. The highest BCUT2D eigenvalue weighted by Crippen LogP contribution is 2.29. The summed E-state index contributed by atoms with van der Waals surface area (Å²) in [6.07, 6.45) is 1.65. The normalized spacial score (nSPS) is 11.6. The lowest BCUT2D eigenvalue weighted by Gasteiger charge is -1.99. The molecular weight excluding hydrogens is 352 g/mol. The van der Waals surface area contributed by atoms with Gasteiger partial charge in [-0.25, -0.2) is 0 Å². The third kappa shape index (κ3) is 2.82. The Morgan fingerprint density at radius 1 is 1.24 bits per heavy atom. The molecule has 21 heavy (non-hydrogen) atoms. The average molecular weight is 364 g/mol. The number of nitrogens with one attached hydrogen (secondary N) is 1. The molecule has 2 N–H and O–H groups in total. The van der Waals surface area contributed by atoms with Gasteiger partial charge >= 0.3 is 0 Å². The van der Waals surface area contributed by atoms with E-state index in [-0.39, 0.29) is 5.88 Å². The van der Waals surface area contributed by atoms with Gasteiger partial charge in [-0.3, -0.25) is 4.99 Å². The van der Waals surface area contributed by atoms with Gasteiger partial charge in [0.15, 0.2) is 5.88 Å². The molecule has 1 heterocycles. The number of hydrogen-bond acceptors (Lipinski definition) is 2. The summed E-state index contributed by atoms with van der Waals surface area (Å²) < 4.78 is 1.01. The van der Waals surface area contributed by atoms with Gasteiger partial charge in [0.05, 0.1) is 16.8 Å². The molecule has 0 aliphatic heterocycles. The number of benzene rings is 2. The van der Waals surface area contributed by atoms with Crippen molar-refractivity contribution in [2.45, 2.75) is 6.92 Å². The predicted octanol–water partition coefficient (Wildman–Crippen LogP) is 5.35. The minimum Gasteiger partial charge on any atom is -0.494 e. The second-order valence-corrected chi connectivity index (χ2v) is 6.06. The highest BCUT2D eigenvalue weighted by Gasteiger charge is 2.09. The first-order valence-corrected chi connectivity index (χ1v) is 7.52. The Bertz CT molecular complexity index is 855. The lowest BCUT2D eigenvalue weighted by molar-refractivity contribution is 0.457. The van der Waals surface area contributed by atoms with Gasteiger partial charge in [0.2, 0.25) is 0 Å². The molecule has 0 spiro atoms. The second kappa shape index (κ2) is 5.54. The van der Waals surface area contributed by atoms with Crippen LogP contribution in [0.4, 0.5) is 5.69 Å². The van der Waals surface area contributed by atoms with Gasteiger partial charge in [-0.1, -0.05) is 39.7 Å². The van der Waals surface area contributed by atoms with E-state index in [0.29, 0.717) is 10.6 Å². The lowest BCUT2D eigenvalue weighted by Crippen LogP contribution is -1.80. The number of hydrogen-bond donors (Lipinski definition) is 2. The maximum absolute atomic E-state index is 10.0. The number of aromatic hydroxyl groups is 1. The highest BCUT2D eigenvalue weighted by molar-refractivity contribution is 9.10. The zero-order valence-electron chi connectivity index (χ0n) is 11.2. The summed E-state index contributed by atoms with van der Waals surface area (Å²) >= 11 is 9.43. The van der Waals surface area contributed by atoms with Crippen molar-refractivity contribution in [1.82, 2.24) is 4.98 Å². The van der Waals surface area contributed by atoms with Crippen molar-refractivity contribution in [1.29, 1.82) is 0 Å². The summed E-state index contributed by atoms with van der Waals surface area (Å²) in [5.74, 6) is 0.0854. The quantitative estimate of drug-likeness (QED) is 0.592. The van der Waals surface area contributed by atoms with Crippen LogP contribution in [0.5, 0.6) is 5.88 Å². The minimum absolute atomic E-state index is 0.0854. The van der Waals surface area contributed by atoms with Crippen molar-refractivity contribution in [2.24, 2.45) is 4.99 Å². The molecule has 0 aliphatic rings. The number of aromatic amines is 1. The van der Waals surface area contributed by atoms with Crippen molar-refractivity contribution in [2.75, 3.05) is 0 Å². The van der Waals surface area contributed by atoms with Gasteiger partial charge in [-0.2, -0.15) is 0 Å². The number of aromatic nitrogens is 1. The lowest BCUT2D eigenvalue weighted by atomic mass is 10.2. The van der Waals surface area contributed by atoms with Gasteiger partial charge in [0.1, 0.15) is 0 Å². The van der Waals surface area contributed by atoms with Crippen LogP contribution < -0.4 is 0 Å². The van der Waals surface area contributed by atoms with E-state index in [9.17, 15) is 5.11 Å². The fourth-order valence-corrected chi connectivity index (χ4v) is 2.65. The number of halogens is 2. The molecule has 0 bridgehead atoms. The SMILES string of the molecule is Cc1ccc(N=Cc2c(O)[nH]c3cc(Cl)ccc23)cc1Br. The number of aliphatic imine (C=N–C) groups is 1. The zero-order chi connectivity index (χ0) is 15.0. The average Bonchev–Trinajstić information content (AvgIpc) is 2.75. The molecule has 106 valence electrons. The molecule has 0 fully saturated rings. The van der Waals surface area contributed by atoms with E-state index in [2.05, 4.69) is 25.9 Å². The molecule has 0 aliphatic carbocycles. The third-order valence-electron chi connectivity index (χ3n) is 3.28. The Labute approximate surface area is 135 Å². The van der Waals surface area contributed by atoms with Crippen LogP contribution in [-0.4, -0.2) is 16.3 Å². The van der Waals surface area contributed by atoms with Crippen LogP contribution >= 0.6 is 27.5 Å². The van der Waals surface area contributed by atoms with Crippen molar-refractivity contribution < 1.29 is 5.11 Å². The highest BCUT2D eigenvalue weighted by atomic mass is 79.9. The van der Waals surface area contributed by atoms with Gasteiger partial charge in [0.25, 0.3) is 0 Å². The second-order valence-electron chi connectivity index (χ2n) is 4.77. The molecule has 5 heteroatoms. The molecule has 1 aromatic heterocycles. The number of fused-ring (bicyclic) bond motifs is 1. The summed E-state index contributed by atoms with van der Waals surface area (Å²) in [6.45, 7) is 2.02. The minimum atomic E-state index is 0.0854. The Balaban J connectivity index is 2.02. The Morgan fingerprint density at radius 2 is 2.05 bits per heavy atom. The predicted molar refractivity (Wildman–Crippen MR) is 91.1 cm³/mol. The summed E-state index contributed by atoms with van der Waals surface area (Å²) in [6, 6.07) is 11.3. The molecule has 2 aromatic carbocycles. The zero-order valence-corrected chi connectivity index (χ0v) is 13.5. The molecule has 0 saturated heterocycles. The Hall–Kier alpha value is -1.78. The van der Waals surface area contributed by atoms with Crippen LogP contribution in [0.25, 0.3) is 10.9 Å². The Kier molecular flexibility index (Phi) is 3.74. The van der Waals surface area contributed by atoms with E-state index in [0.717, 1.165) is 26.6 Å². The summed E-state index contributed by atoms with van der Waals surface area (Å²) in [5, 5.41) is 11.5. The van der Waals surface area contributed by atoms with Gasteiger partial charge in [0, 0.05) is 21.1 Å². The van der Waals surface area contributed by atoms with E-state index in [1.807, 2.05) is 31.2 Å². The monoisotopic (exact) mass is 362 g/mol.